The number of fused-ring (bicyclic) bond motifs is 1. The van der Waals surface area contributed by atoms with E-state index in [4.69, 9.17) is 4.74 Å². The molecule has 2 aromatic carbocycles. The molecule has 0 saturated heterocycles. The topological polar surface area (TPSA) is 79.9 Å². The lowest BCUT2D eigenvalue weighted by molar-refractivity contribution is 0.0915. The first-order chi connectivity index (χ1) is 12.8. The molecule has 7 heteroatoms. The number of thioether (sulfide) groups is 1. The Morgan fingerprint density at radius 2 is 2.08 bits per heavy atom. The summed E-state index contributed by atoms with van der Waals surface area (Å²) in [6.07, 6.45) is 2.27. The Labute approximate surface area is 155 Å². The molecular weight excluding hydrogens is 348 g/mol. The van der Waals surface area contributed by atoms with Gasteiger partial charge in [0.2, 0.25) is 0 Å². The molecule has 26 heavy (non-hydrogen) atoms. The van der Waals surface area contributed by atoms with Crippen molar-refractivity contribution in [3.05, 3.63) is 71.5 Å². The van der Waals surface area contributed by atoms with Gasteiger partial charge in [0.1, 0.15) is 18.7 Å². The Bertz CT molecular complexity index is 881. The van der Waals surface area contributed by atoms with E-state index in [0.29, 0.717) is 12.2 Å². The lowest BCUT2D eigenvalue weighted by Gasteiger charge is -2.26. The van der Waals surface area contributed by atoms with Gasteiger partial charge in [-0.1, -0.05) is 42.1 Å². The molecule has 1 unspecified atom stereocenters. The number of aromatic amines is 1. The maximum absolute atomic E-state index is 12.5. The van der Waals surface area contributed by atoms with E-state index in [9.17, 15) is 4.79 Å². The Morgan fingerprint density at radius 1 is 1.23 bits per heavy atom. The molecule has 4 rings (SSSR count). The van der Waals surface area contributed by atoms with Crippen LogP contribution in [-0.2, 0) is 12.2 Å². The first kappa shape index (κ1) is 16.7. The number of para-hydroxylation sites is 1. The average molecular weight is 366 g/mol. The van der Waals surface area contributed by atoms with Crippen molar-refractivity contribution >= 4 is 17.7 Å². The van der Waals surface area contributed by atoms with Crippen molar-refractivity contribution in [2.24, 2.45) is 0 Å². The van der Waals surface area contributed by atoms with Crippen molar-refractivity contribution in [3.8, 4) is 5.75 Å². The van der Waals surface area contributed by atoms with Gasteiger partial charge in [0, 0.05) is 11.3 Å². The van der Waals surface area contributed by atoms with Crippen LogP contribution in [0, 0.1) is 0 Å². The normalized spacial score (nSPS) is 15.8. The van der Waals surface area contributed by atoms with Gasteiger partial charge >= 0.3 is 0 Å². The number of hydrogen-bond donors (Lipinski definition) is 2. The van der Waals surface area contributed by atoms with Gasteiger partial charge in [0.05, 0.1) is 6.04 Å². The van der Waals surface area contributed by atoms with Crippen LogP contribution in [0.4, 0.5) is 0 Å². The van der Waals surface area contributed by atoms with Crippen LogP contribution in [-0.4, -0.2) is 33.7 Å². The molecule has 0 aliphatic carbocycles. The number of benzene rings is 2. The highest BCUT2D eigenvalue weighted by atomic mass is 32.2. The van der Waals surface area contributed by atoms with Gasteiger partial charge in [0.25, 0.3) is 5.91 Å². The van der Waals surface area contributed by atoms with Crippen LogP contribution in [0.2, 0.25) is 0 Å². The third kappa shape index (κ3) is 3.88. The lowest BCUT2D eigenvalue weighted by Crippen LogP contribution is -2.42. The second-order valence-electron chi connectivity index (χ2n) is 6.07. The third-order valence-corrected chi connectivity index (χ3v) is 5.15. The van der Waals surface area contributed by atoms with Crippen LogP contribution in [0.25, 0.3) is 0 Å². The van der Waals surface area contributed by atoms with Crippen molar-refractivity contribution in [1.29, 1.82) is 0 Å². The maximum atomic E-state index is 12.5. The predicted molar refractivity (Wildman–Crippen MR) is 99.3 cm³/mol. The quantitative estimate of drug-likeness (QED) is 0.679. The predicted octanol–water partition coefficient (Wildman–Crippen LogP) is 2.83. The van der Waals surface area contributed by atoms with Gasteiger partial charge in [0.15, 0.2) is 5.16 Å². The maximum Gasteiger partial charge on any atom is 0.251 e. The number of nitrogens with zero attached hydrogens (tertiary/aromatic N) is 2. The average Bonchev–Trinajstić information content (AvgIpc) is 3.20. The van der Waals surface area contributed by atoms with E-state index < -0.39 is 0 Å². The van der Waals surface area contributed by atoms with Crippen LogP contribution >= 0.6 is 11.8 Å². The number of rotatable bonds is 5. The second-order valence-corrected chi connectivity index (χ2v) is 7.03. The summed E-state index contributed by atoms with van der Waals surface area (Å²) < 4.78 is 5.73. The summed E-state index contributed by atoms with van der Waals surface area (Å²) in [5, 5.41) is 10.5. The Balaban J connectivity index is 1.33. The number of ether oxygens (including phenoxy) is 1. The molecule has 1 aliphatic rings. The van der Waals surface area contributed by atoms with E-state index in [2.05, 4.69) is 20.5 Å². The van der Waals surface area contributed by atoms with Gasteiger partial charge < -0.3 is 10.1 Å². The molecule has 1 atom stereocenters. The van der Waals surface area contributed by atoms with E-state index >= 15 is 0 Å². The summed E-state index contributed by atoms with van der Waals surface area (Å²) in [7, 11) is 0. The Hall–Kier alpha value is -2.80. The molecule has 1 aromatic heterocycles. The standard InChI is InChI=1S/C19H18N4O2S/c24-18(22-16-9-15-3-1-2-4-17(15)25-10-16)14-7-5-13(6-8-14)11-26-19-20-12-21-23-19/h1-8,12,16H,9-11H2,(H,22,24)(H,20,21,23). The molecule has 0 spiro atoms. The summed E-state index contributed by atoms with van der Waals surface area (Å²) in [5.41, 5.74) is 2.90. The Morgan fingerprint density at radius 3 is 2.88 bits per heavy atom. The highest BCUT2D eigenvalue weighted by Gasteiger charge is 2.21. The van der Waals surface area contributed by atoms with Crippen molar-refractivity contribution in [1.82, 2.24) is 20.5 Å². The number of nitrogens with one attached hydrogen (secondary N) is 2. The van der Waals surface area contributed by atoms with Crippen LogP contribution in [0.1, 0.15) is 21.5 Å². The van der Waals surface area contributed by atoms with E-state index in [-0.39, 0.29) is 11.9 Å². The van der Waals surface area contributed by atoms with Gasteiger partial charge in [-0.2, -0.15) is 5.10 Å². The Kier molecular flexibility index (Phi) is 4.88. The zero-order chi connectivity index (χ0) is 17.8. The molecular formula is C19H18N4O2S. The zero-order valence-electron chi connectivity index (χ0n) is 14.0. The fourth-order valence-electron chi connectivity index (χ4n) is 2.86. The van der Waals surface area contributed by atoms with E-state index in [0.717, 1.165) is 34.2 Å². The van der Waals surface area contributed by atoms with Crippen molar-refractivity contribution < 1.29 is 9.53 Å². The number of amides is 1. The second kappa shape index (κ2) is 7.61. The molecule has 0 radical (unpaired) electrons. The van der Waals surface area contributed by atoms with Gasteiger partial charge in [-0.25, -0.2) is 4.98 Å². The third-order valence-electron chi connectivity index (χ3n) is 4.20. The van der Waals surface area contributed by atoms with Crippen molar-refractivity contribution in [3.63, 3.8) is 0 Å². The summed E-state index contributed by atoms with van der Waals surface area (Å²) in [4.78, 5) is 16.6. The first-order valence-corrected chi connectivity index (χ1v) is 9.35. The summed E-state index contributed by atoms with van der Waals surface area (Å²) in [6, 6.07) is 15.6. The molecule has 0 bridgehead atoms. The van der Waals surface area contributed by atoms with Crippen LogP contribution < -0.4 is 10.1 Å². The van der Waals surface area contributed by atoms with E-state index in [1.165, 1.54) is 6.33 Å². The van der Waals surface area contributed by atoms with Gasteiger partial charge in [-0.3, -0.25) is 9.89 Å². The fourth-order valence-corrected chi connectivity index (χ4v) is 3.59. The first-order valence-electron chi connectivity index (χ1n) is 8.36. The van der Waals surface area contributed by atoms with Gasteiger partial charge in [-0.05, 0) is 35.7 Å². The fraction of sp³-hybridized carbons (Fsp3) is 0.211. The zero-order valence-corrected chi connectivity index (χ0v) is 14.8. The largest absolute Gasteiger partial charge is 0.491 e. The molecule has 132 valence electrons. The molecule has 0 saturated carbocycles. The number of H-pyrrole nitrogens is 1. The van der Waals surface area contributed by atoms with Crippen LogP contribution in [0.5, 0.6) is 5.75 Å². The number of carbonyl (C=O) groups is 1. The number of carbonyl (C=O) groups excluding carboxylic acids is 1. The minimum Gasteiger partial charge on any atom is -0.491 e. The molecule has 0 fully saturated rings. The molecule has 6 nitrogen and oxygen atoms in total. The minimum atomic E-state index is -0.0765. The SMILES string of the molecule is O=C(NC1COc2ccccc2C1)c1ccc(CSc2ncn[nH]2)cc1. The van der Waals surface area contributed by atoms with Crippen LogP contribution in [0.3, 0.4) is 0 Å². The van der Waals surface area contributed by atoms with E-state index in [1.807, 2.05) is 48.5 Å². The summed E-state index contributed by atoms with van der Waals surface area (Å²) in [5.74, 6) is 1.60. The summed E-state index contributed by atoms with van der Waals surface area (Å²) in [6.45, 7) is 0.495. The smallest absolute Gasteiger partial charge is 0.251 e. The van der Waals surface area contributed by atoms with Crippen molar-refractivity contribution in [2.75, 3.05) is 6.61 Å². The minimum absolute atomic E-state index is 0.0147. The molecule has 1 aliphatic heterocycles. The van der Waals surface area contributed by atoms with Gasteiger partial charge in [-0.15, -0.1) is 0 Å². The number of hydrogen-bond acceptors (Lipinski definition) is 5. The highest BCUT2D eigenvalue weighted by molar-refractivity contribution is 7.98. The number of aromatic nitrogens is 3. The molecule has 2 N–H and O–H groups in total. The molecule has 2 heterocycles. The summed E-state index contributed by atoms with van der Waals surface area (Å²) >= 11 is 1.57. The monoisotopic (exact) mass is 366 g/mol. The highest BCUT2D eigenvalue weighted by Crippen LogP contribution is 2.24. The lowest BCUT2D eigenvalue weighted by atomic mass is 10.0. The van der Waals surface area contributed by atoms with Crippen LogP contribution in [0.15, 0.2) is 60.0 Å². The molecule has 1 amide bonds. The van der Waals surface area contributed by atoms with E-state index in [1.54, 1.807) is 11.8 Å². The van der Waals surface area contributed by atoms with Crippen molar-refractivity contribution in [2.45, 2.75) is 23.4 Å². The molecule has 3 aromatic rings.